The van der Waals surface area contributed by atoms with Gasteiger partial charge < -0.3 is 9.80 Å². The number of hydrogen-bond donors (Lipinski definition) is 0. The second-order valence-corrected chi connectivity index (χ2v) is 8.98. The smallest absolute Gasteiger partial charge is 0.367 e. The lowest BCUT2D eigenvalue weighted by molar-refractivity contribution is -0.0435. The van der Waals surface area contributed by atoms with Crippen molar-refractivity contribution >= 4 is 21.4 Å². The molecule has 1 aliphatic heterocycles. The predicted molar refractivity (Wildman–Crippen MR) is 104 cm³/mol. The van der Waals surface area contributed by atoms with Crippen LogP contribution < -0.4 is 4.90 Å². The van der Waals surface area contributed by atoms with E-state index in [4.69, 9.17) is 0 Å². The average molecular weight is 426 g/mol. The highest BCUT2D eigenvalue weighted by atomic mass is 32.2. The molecule has 0 radical (unpaired) electrons. The van der Waals surface area contributed by atoms with E-state index < -0.39 is 20.2 Å². The number of carbonyl (C=O) groups excluding carboxylic acids is 1. The molecule has 0 saturated carbocycles. The summed E-state index contributed by atoms with van der Waals surface area (Å²) in [5, 5.41) is 0. The SMILES string of the molecule is Cc1cc(C)cc(C(=O)N2CCN(c3ccccc3S(=O)(=O)C(F)(F)F)CC2)c1. The van der Waals surface area contributed by atoms with Gasteiger partial charge >= 0.3 is 5.51 Å². The van der Waals surface area contributed by atoms with Gasteiger partial charge in [0, 0.05) is 31.7 Å². The first-order valence-electron chi connectivity index (χ1n) is 9.03. The van der Waals surface area contributed by atoms with Crippen molar-refractivity contribution < 1.29 is 26.4 Å². The first-order chi connectivity index (χ1) is 13.5. The predicted octanol–water partition coefficient (Wildman–Crippen LogP) is 3.56. The molecule has 2 aromatic rings. The molecule has 1 saturated heterocycles. The number of para-hydroxylation sites is 1. The van der Waals surface area contributed by atoms with Crippen LogP contribution in [0.4, 0.5) is 18.9 Å². The summed E-state index contributed by atoms with van der Waals surface area (Å²) in [6, 6.07) is 10.7. The molecule has 1 aliphatic rings. The van der Waals surface area contributed by atoms with Crippen molar-refractivity contribution in [1.29, 1.82) is 0 Å². The van der Waals surface area contributed by atoms with Crippen molar-refractivity contribution in [2.24, 2.45) is 0 Å². The van der Waals surface area contributed by atoms with Crippen LogP contribution in [0.15, 0.2) is 47.4 Å². The van der Waals surface area contributed by atoms with Crippen LogP contribution >= 0.6 is 0 Å². The summed E-state index contributed by atoms with van der Waals surface area (Å²) in [6.45, 7) is 4.85. The second kappa shape index (κ2) is 7.70. The Bertz CT molecular complexity index is 1010. The normalized spacial score (nSPS) is 15.5. The van der Waals surface area contributed by atoms with Crippen LogP contribution in [-0.2, 0) is 9.84 Å². The van der Waals surface area contributed by atoms with Crippen molar-refractivity contribution in [2.75, 3.05) is 31.1 Å². The highest BCUT2D eigenvalue weighted by Crippen LogP contribution is 2.36. The number of aryl methyl sites for hydroxylation is 2. The van der Waals surface area contributed by atoms with Gasteiger partial charge in [-0.25, -0.2) is 8.42 Å². The van der Waals surface area contributed by atoms with Gasteiger partial charge in [0.1, 0.15) is 0 Å². The van der Waals surface area contributed by atoms with E-state index in [0.29, 0.717) is 5.56 Å². The Morgan fingerprint density at radius 3 is 2.03 bits per heavy atom. The van der Waals surface area contributed by atoms with Gasteiger partial charge in [0.15, 0.2) is 0 Å². The largest absolute Gasteiger partial charge is 0.501 e. The van der Waals surface area contributed by atoms with Crippen LogP contribution in [0.3, 0.4) is 0 Å². The van der Waals surface area contributed by atoms with Crippen LogP contribution in [0.25, 0.3) is 0 Å². The minimum absolute atomic E-state index is 0.00308. The average Bonchev–Trinajstić information content (AvgIpc) is 2.66. The molecule has 3 rings (SSSR count). The maximum absolute atomic E-state index is 13.0. The third-order valence-corrected chi connectivity index (χ3v) is 6.37. The third kappa shape index (κ3) is 4.24. The lowest BCUT2D eigenvalue weighted by Crippen LogP contribution is -2.49. The van der Waals surface area contributed by atoms with Gasteiger partial charge in [0.25, 0.3) is 15.7 Å². The molecule has 1 amide bonds. The molecule has 0 N–H and O–H groups in total. The number of hydrogen-bond acceptors (Lipinski definition) is 4. The van der Waals surface area contributed by atoms with Crippen molar-refractivity contribution in [3.8, 4) is 0 Å². The number of sulfone groups is 1. The van der Waals surface area contributed by atoms with Crippen LogP contribution in [0.1, 0.15) is 21.5 Å². The maximum Gasteiger partial charge on any atom is 0.501 e. The summed E-state index contributed by atoms with van der Waals surface area (Å²) in [7, 11) is -5.46. The number of anilines is 1. The second-order valence-electron chi connectivity index (χ2n) is 7.07. The Balaban J connectivity index is 1.79. The van der Waals surface area contributed by atoms with E-state index in [-0.39, 0.29) is 37.8 Å². The summed E-state index contributed by atoms with van der Waals surface area (Å²) in [5.41, 5.74) is -2.86. The number of amides is 1. The lowest BCUT2D eigenvalue weighted by Gasteiger charge is -2.37. The molecule has 0 aliphatic carbocycles. The van der Waals surface area contributed by atoms with Gasteiger partial charge in [0.05, 0.1) is 10.6 Å². The molecular weight excluding hydrogens is 405 g/mol. The standard InChI is InChI=1S/C20H21F3N2O3S/c1-14-11-15(2)13-16(12-14)19(26)25-9-7-24(8-10-25)17-5-3-4-6-18(17)29(27,28)20(21,22)23/h3-6,11-13H,7-10H2,1-2H3. The van der Waals surface area contributed by atoms with Crippen LogP contribution in [0.2, 0.25) is 0 Å². The minimum atomic E-state index is -5.46. The molecule has 2 aromatic carbocycles. The highest BCUT2D eigenvalue weighted by Gasteiger charge is 2.48. The molecule has 0 atom stereocenters. The number of piperazine rings is 1. The van der Waals surface area contributed by atoms with Crippen molar-refractivity contribution in [3.63, 3.8) is 0 Å². The minimum Gasteiger partial charge on any atom is -0.367 e. The number of benzene rings is 2. The van der Waals surface area contributed by atoms with E-state index in [2.05, 4.69) is 0 Å². The first-order valence-corrected chi connectivity index (χ1v) is 10.5. The van der Waals surface area contributed by atoms with Crippen LogP contribution in [0, 0.1) is 13.8 Å². The summed E-state index contributed by atoms with van der Waals surface area (Å²) < 4.78 is 62.9. The fraction of sp³-hybridized carbons (Fsp3) is 0.350. The number of alkyl halides is 3. The zero-order chi connectivity index (χ0) is 21.4. The topological polar surface area (TPSA) is 57.7 Å². The third-order valence-electron chi connectivity index (χ3n) is 4.84. The van der Waals surface area contributed by atoms with Crippen LogP contribution in [-0.4, -0.2) is 50.9 Å². The summed E-state index contributed by atoms with van der Waals surface area (Å²) >= 11 is 0. The molecule has 29 heavy (non-hydrogen) atoms. The van der Waals surface area contributed by atoms with Crippen molar-refractivity contribution in [3.05, 3.63) is 59.2 Å². The Hall–Kier alpha value is -2.55. The zero-order valence-corrected chi connectivity index (χ0v) is 16.8. The molecule has 9 heteroatoms. The molecule has 0 unspecified atom stereocenters. The van der Waals surface area contributed by atoms with Gasteiger partial charge in [0.2, 0.25) is 0 Å². The zero-order valence-electron chi connectivity index (χ0n) is 16.0. The summed E-state index contributed by atoms with van der Waals surface area (Å²) in [6.07, 6.45) is 0. The number of halogens is 3. The Labute approximate surface area is 167 Å². The molecule has 0 bridgehead atoms. The van der Waals surface area contributed by atoms with E-state index in [1.807, 2.05) is 19.9 Å². The number of carbonyl (C=O) groups is 1. The molecule has 1 heterocycles. The van der Waals surface area contributed by atoms with Crippen molar-refractivity contribution in [2.45, 2.75) is 24.3 Å². The fourth-order valence-corrected chi connectivity index (χ4v) is 4.48. The molecule has 0 aromatic heterocycles. The first kappa shape index (κ1) is 21.2. The van der Waals surface area contributed by atoms with E-state index in [1.165, 1.54) is 18.2 Å². The number of rotatable bonds is 3. The number of nitrogens with zero attached hydrogens (tertiary/aromatic N) is 2. The van der Waals surface area contributed by atoms with Gasteiger partial charge in [-0.1, -0.05) is 29.3 Å². The Kier molecular flexibility index (Phi) is 5.62. The maximum atomic E-state index is 13.0. The van der Waals surface area contributed by atoms with Crippen LogP contribution in [0.5, 0.6) is 0 Å². The molecule has 1 fully saturated rings. The monoisotopic (exact) mass is 426 g/mol. The van der Waals surface area contributed by atoms with E-state index in [9.17, 15) is 26.4 Å². The molecule has 0 spiro atoms. The van der Waals surface area contributed by atoms with Gasteiger partial charge in [-0.2, -0.15) is 13.2 Å². The quantitative estimate of drug-likeness (QED) is 0.753. The van der Waals surface area contributed by atoms with Gasteiger partial charge in [-0.3, -0.25) is 4.79 Å². The molecule has 156 valence electrons. The van der Waals surface area contributed by atoms with Gasteiger partial charge in [-0.05, 0) is 38.1 Å². The highest BCUT2D eigenvalue weighted by molar-refractivity contribution is 7.92. The van der Waals surface area contributed by atoms with Crippen molar-refractivity contribution in [1.82, 2.24) is 4.90 Å². The summed E-state index contributed by atoms with van der Waals surface area (Å²) in [4.78, 5) is 15.2. The van der Waals surface area contributed by atoms with Gasteiger partial charge in [-0.15, -0.1) is 0 Å². The Morgan fingerprint density at radius 1 is 0.931 bits per heavy atom. The summed E-state index contributed by atoms with van der Waals surface area (Å²) in [5.74, 6) is -0.146. The van der Waals surface area contributed by atoms with E-state index in [0.717, 1.165) is 17.2 Å². The molecular formula is C20H21F3N2O3S. The fourth-order valence-electron chi connectivity index (χ4n) is 3.50. The lowest BCUT2D eigenvalue weighted by atomic mass is 10.1. The van der Waals surface area contributed by atoms with E-state index >= 15 is 0 Å². The Morgan fingerprint density at radius 2 is 1.48 bits per heavy atom. The van der Waals surface area contributed by atoms with E-state index in [1.54, 1.807) is 21.9 Å². The molecule has 5 nitrogen and oxygen atoms in total.